The third kappa shape index (κ3) is 3.39. The molecule has 0 amide bonds. The van der Waals surface area contributed by atoms with Crippen LogP contribution in [-0.4, -0.2) is 16.0 Å². The number of hydrogen-bond donors (Lipinski definition) is 1. The number of hydrogen-bond acceptors (Lipinski definition) is 2. The van der Waals surface area contributed by atoms with Crippen molar-refractivity contribution in [2.45, 2.75) is 43.0 Å². The molecule has 0 saturated heterocycles. The number of benzene rings is 1. The van der Waals surface area contributed by atoms with Crippen molar-refractivity contribution < 1.29 is 8.60 Å². The Morgan fingerprint density at radius 2 is 1.94 bits per heavy atom. The fourth-order valence-electron chi connectivity index (χ4n) is 2.59. The largest absolute Gasteiger partial charge is 0.327 e. The van der Waals surface area contributed by atoms with Crippen LogP contribution in [0.5, 0.6) is 0 Å². The van der Waals surface area contributed by atoms with Crippen molar-refractivity contribution in [3.8, 4) is 0 Å². The van der Waals surface area contributed by atoms with Crippen LogP contribution in [0.15, 0.2) is 29.2 Å². The highest BCUT2D eigenvalue weighted by Crippen LogP contribution is 2.26. The van der Waals surface area contributed by atoms with Crippen LogP contribution in [-0.2, 0) is 10.8 Å². The third-order valence-corrected chi connectivity index (χ3v) is 5.19. The molecular weight excluding hydrogens is 249 g/mol. The molecule has 0 bridgehead atoms. The Morgan fingerprint density at radius 1 is 1.28 bits per heavy atom. The van der Waals surface area contributed by atoms with Gasteiger partial charge >= 0.3 is 0 Å². The minimum Gasteiger partial charge on any atom is -0.327 e. The van der Waals surface area contributed by atoms with Crippen molar-refractivity contribution in [2.75, 3.05) is 5.75 Å². The van der Waals surface area contributed by atoms with Gasteiger partial charge in [-0.15, -0.1) is 0 Å². The lowest BCUT2D eigenvalue weighted by Crippen LogP contribution is -2.36. The van der Waals surface area contributed by atoms with E-state index in [4.69, 9.17) is 5.73 Å². The first-order valence-corrected chi connectivity index (χ1v) is 7.89. The summed E-state index contributed by atoms with van der Waals surface area (Å²) in [4.78, 5) is 0.281. The fraction of sp³-hybridized carbons (Fsp3) is 0.571. The van der Waals surface area contributed by atoms with Crippen LogP contribution < -0.4 is 5.73 Å². The van der Waals surface area contributed by atoms with Crippen LogP contribution >= 0.6 is 0 Å². The summed E-state index contributed by atoms with van der Waals surface area (Å²) in [6.07, 6.45) is 5.94. The molecule has 1 saturated carbocycles. The molecule has 2 rings (SSSR count). The summed E-state index contributed by atoms with van der Waals surface area (Å²) in [6.45, 7) is 0. The second-order valence-electron chi connectivity index (χ2n) is 5.00. The highest BCUT2D eigenvalue weighted by Gasteiger charge is 2.23. The monoisotopic (exact) mass is 269 g/mol. The van der Waals surface area contributed by atoms with E-state index in [2.05, 4.69) is 0 Å². The fourth-order valence-corrected chi connectivity index (χ4v) is 3.91. The normalized spacial score (nSPS) is 20.6. The van der Waals surface area contributed by atoms with Gasteiger partial charge in [0, 0.05) is 11.8 Å². The van der Waals surface area contributed by atoms with E-state index in [0.717, 1.165) is 12.8 Å². The van der Waals surface area contributed by atoms with Gasteiger partial charge in [-0.2, -0.15) is 0 Å². The zero-order valence-corrected chi connectivity index (χ0v) is 11.3. The van der Waals surface area contributed by atoms with Gasteiger partial charge in [0.05, 0.1) is 15.7 Å². The molecule has 0 radical (unpaired) electrons. The van der Waals surface area contributed by atoms with Crippen LogP contribution in [0, 0.1) is 11.7 Å². The smallest absolute Gasteiger partial charge is 0.139 e. The maximum absolute atomic E-state index is 13.5. The lowest BCUT2D eigenvalue weighted by Gasteiger charge is -2.27. The van der Waals surface area contributed by atoms with E-state index in [1.807, 2.05) is 0 Å². The SMILES string of the molecule is NC(CS(=O)c1ccccc1F)C1CCCCC1. The van der Waals surface area contributed by atoms with Gasteiger partial charge < -0.3 is 5.73 Å². The summed E-state index contributed by atoms with van der Waals surface area (Å²) < 4.78 is 25.6. The molecule has 4 heteroatoms. The predicted octanol–water partition coefficient (Wildman–Crippen LogP) is 2.84. The molecule has 1 aromatic carbocycles. The zero-order valence-electron chi connectivity index (χ0n) is 10.5. The van der Waals surface area contributed by atoms with Gasteiger partial charge in [-0.3, -0.25) is 4.21 Å². The molecule has 100 valence electrons. The first-order valence-electron chi connectivity index (χ1n) is 6.57. The van der Waals surface area contributed by atoms with Crippen molar-refractivity contribution in [3.05, 3.63) is 30.1 Å². The van der Waals surface area contributed by atoms with Crippen LogP contribution in [0.4, 0.5) is 4.39 Å². The van der Waals surface area contributed by atoms with Crippen molar-refractivity contribution >= 4 is 10.8 Å². The molecule has 0 aliphatic heterocycles. The quantitative estimate of drug-likeness (QED) is 0.913. The minimum absolute atomic E-state index is 0.0780. The average molecular weight is 269 g/mol. The zero-order chi connectivity index (χ0) is 13.0. The first kappa shape index (κ1) is 13.7. The maximum atomic E-state index is 13.5. The molecule has 0 aromatic heterocycles. The molecule has 1 aliphatic rings. The second-order valence-corrected chi connectivity index (χ2v) is 6.47. The summed E-state index contributed by atoms with van der Waals surface area (Å²) in [5.74, 6) is 0.423. The summed E-state index contributed by atoms with van der Waals surface area (Å²) >= 11 is 0. The standard InChI is InChI=1S/C14H20FNOS/c15-12-8-4-5-9-14(12)18(17)10-13(16)11-6-2-1-3-7-11/h4-5,8-9,11,13H,1-3,6-7,10,16H2. The third-order valence-electron chi connectivity index (χ3n) is 3.68. The minimum atomic E-state index is -1.33. The molecule has 0 spiro atoms. The molecule has 2 atom stereocenters. The Kier molecular flexibility index (Phi) is 4.89. The Hall–Kier alpha value is -0.740. The molecule has 1 aliphatic carbocycles. The van der Waals surface area contributed by atoms with Gasteiger partial charge in [0.25, 0.3) is 0 Å². The van der Waals surface area contributed by atoms with Crippen LogP contribution in [0.25, 0.3) is 0 Å². The molecule has 1 fully saturated rings. The van der Waals surface area contributed by atoms with Crippen molar-refractivity contribution in [1.82, 2.24) is 0 Å². The van der Waals surface area contributed by atoms with Gasteiger partial charge in [-0.25, -0.2) is 4.39 Å². The summed E-state index contributed by atoms with van der Waals surface area (Å²) in [6, 6.07) is 6.17. The highest BCUT2D eigenvalue weighted by molar-refractivity contribution is 7.85. The molecule has 2 N–H and O–H groups in total. The van der Waals surface area contributed by atoms with E-state index >= 15 is 0 Å². The van der Waals surface area contributed by atoms with Crippen molar-refractivity contribution in [3.63, 3.8) is 0 Å². The maximum Gasteiger partial charge on any atom is 0.139 e. The van der Waals surface area contributed by atoms with Crippen molar-refractivity contribution in [1.29, 1.82) is 0 Å². The molecule has 1 aromatic rings. The summed E-state index contributed by atoms with van der Waals surface area (Å²) in [5.41, 5.74) is 6.12. The number of halogens is 1. The van der Waals surface area contributed by atoms with Gasteiger partial charge in [0.15, 0.2) is 0 Å². The topological polar surface area (TPSA) is 43.1 Å². The highest BCUT2D eigenvalue weighted by atomic mass is 32.2. The number of nitrogens with two attached hydrogens (primary N) is 1. The second kappa shape index (κ2) is 6.43. The van der Waals surface area contributed by atoms with Gasteiger partial charge in [-0.1, -0.05) is 31.4 Å². The van der Waals surface area contributed by atoms with E-state index in [0.29, 0.717) is 11.7 Å². The van der Waals surface area contributed by atoms with E-state index in [1.165, 1.54) is 25.3 Å². The summed E-state index contributed by atoms with van der Waals surface area (Å²) in [5, 5.41) is 0. The molecule has 2 unspecified atom stereocenters. The first-order chi connectivity index (χ1) is 8.68. The molecular formula is C14H20FNOS. The Bertz CT molecular complexity index is 418. The lowest BCUT2D eigenvalue weighted by atomic mass is 9.85. The van der Waals surface area contributed by atoms with Gasteiger partial charge in [0.2, 0.25) is 0 Å². The molecule has 2 nitrogen and oxygen atoms in total. The van der Waals surface area contributed by atoms with E-state index in [9.17, 15) is 8.60 Å². The van der Waals surface area contributed by atoms with Crippen LogP contribution in [0.2, 0.25) is 0 Å². The van der Waals surface area contributed by atoms with E-state index in [1.54, 1.807) is 18.2 Å². The average Bonchev–Trinajstić information content (AvgIpc) is 2.40. The van der Waals surface area contributed by atoms with Crippen LogP contribution in [0.3, 0.4) is 0 Å². The number of rotatable bonds is 4. The Morgan fingerprint density at radius 3 is 2.61 bits per heavy atom. The molecule has 0 heterocycles. The van der Waals surface area contributed by atoms with E-state index < -0.39 is 16.6 Å². The Balaban J connectivity index is 1.96. The summed E-state index contributed by atoms with van der Waals surface area (Å²) in [7, 11) is -1.33. The van der Waals surface area contributed by atoms with Crippen LogP contribution in [0.1, 0.15) is 32.1 Å². The van der Waals surface area contributed by atoms with Gasteiger partial charge in [0.1, 0.15) is 5.82 Å². The molecule has 18 heavy (non-hydrogen) atoms. The predicted molar refractivity (Wildman–Crippen MR) is 72.2 cm³/mol. The lowest BCUT2D eigenvalue weighted by molar-refractivity contribution is 0.318. The Labute approximate surface area is 110 Å². The van der Waals surface area contributed by atoms with Crippen molar-refractivity contribution in [2.24, 2.45) is 11.7 Å². The van der Waals surface area contributed by atoms with Gasteiger partial charge in [-0.05, 0) is 30.9 Å². The van der Waals surface area contributed by atoms with E-state index in [-0.39, 0.29) is 10.9 Å².